The summed E-state index contributed by atoms with van der Waals surface area (Å²) in [5, 5.41) is 0. The zero-order valence-corrected chi connectivity index (χ0v) is 11.4. The van der Waals surface area contributed by atoms with Crippen LogP contribution in [-0.4, -0.2) is 49.1 Å². The highest BCUT2D eigenvalue weighted by Gasteiger charge is 2.46. The number of likely N-dealkylation sites (N-methyl/N-ethyl adjacent to an activating group) is 1. The van der Waals surface area contributed by atoms with Gasteiger partial charge >= 0.3 is 0 Å². The lowest BCUT2D eigenvalue weighted by Crippen LogP contribution is -2.56. The lowest BCUT2D eigenvalue weighted by atomic mass is 9.85. The van der Waals surface area contributed by atoms with Crippen molar-refractivity contribution in [1.82, 2.24) is 4.90 Å². The minimum atomic E-state index is -0.308. The molecule has 104 valence electrons. The molecule has 3 fully saturated rings. The number of rotatable bonds is 4. The van der Waals surface area contributed by atoms with Crippen LogP contribution in [0.1, 0.15) is 39.0 Å². The molecule has 1 saturated heterocycles. The van der Waals surface area contributed by atoms with Crippen molar-refractivity contribution in [2.24, 2.45) is 11.7 Å². The Morgan fingerprint density at radius 1 is 1.22 bits per heavy atom. The predicted octanol–water partition coefficient (Wildman–Crippen LogP) is 1.34. The van der Waals surface area contributed by atoms with Crippen molar-refractivity contribution >= 4 is 0 Å². The maximum absolute atomic E-state index is 6.35. The second-order valence-corrected chi connectivity index (χ2v) is 6.11. The Labute approximate surface area is 110 Å². The molecule has 18 heavy (non-hydrogen) atoms. The van der Waals surface area contributed by atoms with E-state index in [-0.39, 0.29) is 11.8 Å². The third kappa shape index (κ3) is 2.57. The number of nitrogens with two attached hydrogens (primary N) is 1. The SMILES string of the molecule is CCN(CC1CC1)C1CC2(CCC1N)OCCO2. The zero-order valence-electron chi connectivity index (χ0n) is 11.4. The second-order valence-electron chi connectivity index (χ2n) is 6.11. The lowest BCUT2D eigenvalue weighted by Gasteiger charge is -2.44. The molecular weight excluding hydrogens is 228 g/mol. The third-order valence-corrected chi connectivity index (χ3v) is 4.75. The molecule has 2 aliphatic carbocycles. The Balaban J connectivity index is 1.66. The largest absolute Gasteiger partial charge is 0.347 e. The van der Waals surface area contributed by atoms with Crippen LogP contribution in [0.15, 0.2) is 0 Å². The van der Waals surface area contributed by atoms with E-state index >= 15 is 0 Å². The fourth-order valence-electron chi connectivity index (χ4n) is 3.44. The standard InChI is InChI=1S/C14H26N2O2/c1-2-16(10-11-3-4-11)13-9-14(6-5-12(13)15)17-7-8-18-14/h11-13H,2-10,15H2,1H3. The molecule has 1 aliphatic heterocycles. The maximum atomic E-state index is 6.35. The molecule has 1 heterocycles. The third-order valence-electron chi connectivity index (χ3n) is 4.75. The van der Waals surface area contributed by atoms with Crippen LogP contribution in [0.3, 0.4) is 0 Å². The summed E-state index contributed by atoms with van der Waals surface area (Å²) < 4.78 is 11.7. The average molecular weight is 254 g/mol. The molecule has 4 nitrogen and oxygen atoms in total. The fourth-order valence-corrected chi connectivity index (χ4v) is 3.44. The van der Waals surface area contributed by atoms with Crippen LogP contribution in [0.5, 0.6) is 0 Å². The summed E-state index contributed by atoms with van der Waals surface area (Å²) in [4.78, 5) is 2.56. The highest BCUT2D eigenvalue weighted by atomic mass is 16.7. The van der Waals surface area contributed by atoms with Gasteiger partial charge in [-0.15, -0.1) is 0 Å². The first-order chi connectivity index (χ1) is 8.72. The van der Waals surface area contributed by atoms with Gasteiger partial charge in [-0.3, -0.25) is 4.90 Å². The molecule has 0 radical (unpaired) electrons. The predicted molar refractivity (Wildman–Crippen MR) is 70.2 cm³/mol. The van der Waals surface area contributed by atoms with Crippen molar-refractivity contribution < 1.29 is 9.47 Å². The van der Waals surface area contributed by atoms with Crippen molar-refractivity contribution in [3.05, 3.63) is 0 Å². The number of ether oxygens (including phenoxy) is 2. The van der Waals surface area contributed by atoms with Crippen LogP contribution in [-0.2, 0) is 9.47 Å². The van der Waals surface area contributed by atoms with Gasteiger partial charge in [-0.05, 0) is 31.7 Å². The first kappa shape index (κ1) is 12.9. The first-order valence-corrected chi connectivity index (χ1v) is 7.50. The minimum absolute atomic E-state index is 0.280. The van der Waals surface area contributed by atoms with Gasteiger partial charge in [-0.25, -0.2) is 0 Å². The van der Waals surface area contributed by atoms with Crippen molar-refractivity contribution in [2.75, 3.05) is 26.3 Å². The van der Waals surface area contributed by atoms with Crippen molar-refractivity contribution in [3.8, 4) is 0 Å². The zero-order chi connectivity index (χ0) is 12.6. The van der Waals surface area contributed by atoms with Gasteiger partial charge in [-0.2, -0.15) is 0 Å². The smallest absolute Gasteiger partial charge is 0.170 e. The lowest BCUT2D eigenvalue weighted by molar-refractivity contribution is -0.191. The molecular formula is C14H26N2O2. The van der Waals surface area contributed by atoms with Crippen molar-refractivity contribution in [1.29, 1.82) is 0 Å². The average Bonchev–Trinajstić information content (AvgIpc) is 3.09. The topological polar surface area (TPSA) is 47.7 Å². The fraction of sp³-hybridized carbons (Fsp3) is 1.00. The number of hydrogen-bond acceptors (Lipinski definition) is 4. The summed E-state index contributed by atoms with van der Waals surface area (Å²) >= 11 is 0. The highest BCUT2D eigenvalue weighted by molar-refractivity contribution is 4.96. The Morgan fingerprint density at radius 3 is 2.56 bits per heavy atom. The van der Waals surface area contributed by atoms with E-state index in [1.165, 1.54) is 19.4 Å². The summed E-state index contributed by atoms with van der Waals surface area (Å²) in [5.74, 6) is 0.609. The van der Waals surface area contributed by atoms with Crippen LogP contribution >= 0.6 is 0 Å². The van der Waals surface area contributed by atoms with E-state index in [9.17, 15) is 0 Å². The molecule has 4 heteroatoms. The Morgan fingerprint density at radius 2 is 1.94 bits per heavy atom. The molecule has 0 aromatic carbocycles. The molecule has 2 saturated carbocycles. The second kappa shape index (κ2) is 5.08. The summed E-state index contributed by atoms with van der Waals surface area (Å²) in [6, 6.07) is 0.713. The van der Waals surface area contributed by atoms with E-state index in [4.69, 9.17) is 15.2 Å². The molecule has 2 N–H and O–H groups in total. The van der Waals surface area contributed by atoms with Crippen LogP contribution in [0.4, 0.5) is 0 Å². The molecule has 2 unspecified atom stereocenters. The Bertz CT molecular complexity index is 288. The summed E-state index contributed by atoms with van der Waals surface area (Å²) in [7, 11) is 0. The van der Waals surface area contributed by atoms with Gasteiger partial charge in [0.1, 0.15) is 0 Å². The van der Waals surface area contributed by atoms with Crippen LogP contribution in [0.25, 0.3) is 0 Å². The number of hydrogen-bond donors (Lipinski definition) is 1. The van der Waals surface area contributed by atoms with E-state index in [0.717, 1.165) is 44.9 Å². The molecule has 0 bridgehead atoms. The maximum Gasteiger partial charge on any atom is 0.170 e. The van der Waals surface area contributed by atoms with E-state index in [0.29, 0.717) is 6.04 Å². The monoisotopic (exact) mass is 254 g/mol. The van der Waals surface area contributed by atoms with Crippen LogP contribution in [0.2, 0.25) is 0 Å². The van der Waals surface area contributed by atoms with E-state index < -0.39 is 0 Å². The molecule has 1 spiro atoms. The molecule has 0 amide bonds. The molecule has 3 rings (SSSR count). The normalized spacial score (nSPS) is 35.5. The molecule has 3 aliphatic rings. The van der Waals surface area contributed by atoms with Crippen molar-refractivity contribution in [3.63, 3.8) is 0 Å². The number of nitrogens with zero attached hydrogens (tertiary/aromatic N) is 1. The highest BCUT2D eigenvalue weighted by Crippen LogP contribution is 2.38. The summed E-state index contributed by atoms with van der Waals surface area (Å²) in [6.07, 6.45) is 5.74. The van der Waals surface area contributed by atoms with Crippen molar-refractivity contribution in [2.45, 2.75) is 56.9 Å². The van der Waals surface area contributed by atoms with E-state index in [1.807, 2.05) is 0 Å². The first-order valence-electron chi connectivity index (χ1n) is 7.50. The van der Waals surface area contributed by atoms with Gasteiger partial charge in [-0.1, -0.05) is 6.92 Å². The van der Waals surface area contributed by atoms with Gasteiger partial charge in [0.15, 0.2) is 5.79 Å². The quantitative estimate of drug-likeness (QED) is 0.822. The van der Waals surface area contributed by atoms with E-state index in [2.05, 4.69) is 11.8 Å². The van der Waals surface area contributed by atoms with Gasteiger partial charge in [0.25, 0.3) is 0 Å². The Kier molecular flexibility index (Phi) is 3.63. The van der Waals surface area contributed by atoms with Gasteiger partial charge in [0.2, 0.25) is 0 Å². The summed E-state index contributed by atoms with van der Waals surface area (Å²) in [5.41, 5.74) is 6.35. The summed E-state index contributed by atoms with van der Waals surface area (Å²) in [6.45, 7) is 6.04. The van der Waals surface area contributed by atoms with Crippen LogP contribution in [0, 0.1) is 5.92 Å². The van der Waals surface area contributed by atoms with E-state index in [1.54, 1.807) is 0 Å². The van der Waals surface area contributed by atoms with Crippen LogP contribution < -0.4 is 5.73 Å². The molecule has 0 aromatic rings. The Hall–Kier alpha value is -0.160. The molecule has 2 atom stereocenters. The van der Waals surface area contributed by atoms with Gasteiger partial charge < -0.3 is 15.2 Å². The minimum Gasteiger partial charge on any atom is -0.347 e. The molecule has 0 aromatic heterocycles. The van der Waals surface area contributed by atoms with Gasteiger partial charge in [0, 0.05) is 31.5 Å². The van der Waals surface area contributed by atoms with Gasteiger partial charge in [0.05, 0.1) is 13.2 Å².